The van der Waals surface area contributed by atoms with E-state index < -0.39 is 27.8 Å². The molecule has 0 aliphatic carbocycles. The molecule has 1 fully saturated rings. The molecule has 1 aliphatic rings. The number of carboxylic acids is 1. The van der Waals surface area contributed by atoms with Crippen LogP contribution in [0.2, 0.25) is 0 Å². The Bertz CT molecular complexity index is 951. The molecule has 138 valence electrons. The van der Waals surface area contributed by atoms with Crippen molar-refractivity contribution >= 4 is 21.9 Å². The van der Waals surface area contributed by atoms with E-state index in [1.807, 2.05) is 30.3 Å². The summed E-state index contributed by atoms with van der Waals surface area (Å²) in [5.41, 5.74) is 0.830. The van der Waals surface area contributed by atoms with E-state index in [0.29, 0.717) is 0 Å². The SMILES string of the molecule is Cc1oc(C(=O)N2C[C@@H](C(=O)O)[C@H](c3ccccc3)C2)cc1S(N)(=O)=O. The standard InChI is InChI=1S/C17H18N2O6S/c1-10-15(26(18,23)24)7-14(25-10)16(20)19-8-12(13(9-19)17(21)22)11-5-3-2-4-6-11/h2-7,12-13H,8-9H2,1H3,(H,21,22)(H2,18,23,24)/t12-,13+/m0/s1. The van der Waals surface area contributed by atoms with Crippen LogP contribution in [0.1, 0.15) is 27.8 Å². The molecule has 0 saturated carbocycles. The number of likely N-dealkylation sites (tertiary alicyclic amines) is 1. The van der Waals surface area contributed by atoms with Crippen molar-refractivity contribution in [2.45, 2.75) is 17.7 Å². The average molecular weight is 378 g/mol. The number of aliphatic carboxylic acids is 1. The van der Waals surface area contributed by atoms with Crippen molar-refractivity contribution in [3.63, 3.8) is 0 Å². The molecule has 1 aromatic carbocycles. The number of amides is 1. The second-order valence-corrected chi connectivity index (χ2v) is 7.78. The van der Waals surface area contributed by atoms with Crippen LogP contribution in [0.3, 0.4) is 0 Å². The number of carbonyl (C=O) groups is 2. The van der Waals surface area contributed by atoms with Gasteiger partial charge in [-0.25, -0.2) is 13.6 Å². The van der Waals surface area contributed by atoms with E-state index in [9.17, 15) is 23.1 Å². The fourth-order valence-corrected chi connectivity index (χ4v) is 3.98. The van der Waals surface area contributed by atoms with E-state index in [-0.39, 0.29) is 35.4 Å². The highest BCUT2D eigenvalue weighted by Gasteiger charge is 2.41. The molecule has 26 heavy (non-hydrogen) atoms. The molecular formula is C17H18N2O6S. The number of benzene rings is 1. The van der Waals surface area contributed by atoms with Gasteiger partial charge in [-0.1, -0.05) is 30.3 Å². The smallest absolute Gasteiger partial charge is 0.308 e. The average Bonchev–Trinajstić information content (AvgIpc) is 3.18. The van der Waals surface area contributed by atoms with Gasteiger partial charge >= 0.3 is 5.97 Å². The predicted octanol–water partition coefficient (Wildman–Crippen LogP) is 1.18. The molecule has 3 rings (SSSR count). The Morgan fingerprint density at radius 2 is 1.88 bits per heavy atom. The lowest BCUT2D eigenvalue weighted by atomic mass is 9.89. The molecule has 1 aromatic heterocycles. The van der Waals surface area contributed by atoms with Crippen molar-refractivity contribution in [2.24, 2.45) is 11.1 Å². The molecule has 9 heteroatoms. The van der Waals surface area contributed by atoms with Gasteiger partial charge in [0.05, 0.1) is 5.92 Å². The quantitative estimate of drug-likeness (QED) is 0.821. The first kappa shape index (κ1) is 18.2. The summed E-state index contributed by atoms with van der Waals surface area (Å²) in [5.74, 6) is -2.82. The number of hydrogen-bond acceptors (Lipinski definition) is 5. The van der Waals surface area contributed by atoms with Gasteiger partial charge < -0.3 is 14.4 Å². The van der Waals surface area contributed by atoms with Gasteiger partial charge in [-0.3, -0.25) is 9.59 Å². The highest BCUT2D eigenvalue weighted by atomic mass is 32.2. The minimum absolute atomic E-state index is 0.0121. The van der Waals surface area contributed by atoms with Gasteiger partial charge in [-0.05, 0) is 12.5 Å². The molecule has 0 spiro atoms. The number of rotatable bonds is 4. The zero-order valence-electron chi connectivity index (χ0n) is 14.0. The largest absolute Gasteiger partial charge is 0.481 e. The summed E-state index contributed by atoms with van der Waals surface area (Å²) in [5, 5.41) is 14.6. The van der Waals surface area contributed by atoms with Gasteiger partial charge in [0, 0.05) is 25.1 Å². The second-order valence-electron chi connectivity index (χ2n) is 6.25. The third-order valence-electron chi connectivity index (χ3n) is 4.54. The van der Waals surface area contributed by atoms with Crippen LogP contribution in [0.15, 0.2) is 45.7 Å². The minimum atomic E-state index is -4.01. The molecule has 1 saturated heterocycles. The number of aryl methyl sites for hydroxylation is 1. The number of sulfonamides is 1. The molecular weight excluding hydrogens is 360 g/mol. The first-order valence-corrected chi connectivity index (χ1v) is 9.43. The lowest BCUT2D eigenvalue weighted by molar-refractivity contribution is -0.141. The molecule has 2 atom stereocenters. The normalized spacial score (nSPS) is 20.3. The van der Waals surface area contributed by atoms with Crippen molar-refractivity contribution in [2.75, 3.05) is 13.1 Å². The molecule has 8 nitrogen and oxygen atoms in total. The summed E-state index contributed by atoms with van der Waals surface area (Å²) >= 11 is 0. The molecule has 0 bridgehead atoms. The van der Waals surface area contributed by atoms with Gasteiger partial charge in [-0.2, -0.15) is 0 Å². The van der Waals surface area contributed by atoms with Gasteiger partial charge in [0.25, 0.3) is 5.91 Å². The molecule has 0 unspecified atom stereocenters. The van der Waals surface area contributed by atoms with Crippen LogP contribution in [0.5, 0.6) is 0 Å². The maximum Gasteiger partial charge on any atom is 0.308 e. The molecule has 1 amide bonds. The van der Waals surface area contributed by atoms with Gasteiger partial charge in [0.2, 0.25) is 10.0 Å². The summed E-state index contributed by atoms with van der Waals surface area (Å²) in [4.78, 5) is 25.4. The molecule has 3 N–H and O–H groups in total. The molecule has 2 aromatic rings. The van der Waals surface area contributed by atoms with E-state index in [0.717, 1.165) is 11.6 Å². The Morgan fingerprint density at radius 1 is 1.23 bits per heavy atom. The van der Waals surface area contributed by atoms with Crippen LogP contribution >= 0.6 is 0 Å². The predicted molar refractivity (Wildman–Crippen MR) is 91.0 cm³/mol. The molecule has 1 aliphatic heterocycles. The summed E-state index contributed by atoms with van der Waals surface area (Å²) in [6.07, 6.45) is 0. The monoisotopic (exact) mass is 378 g/mol. The zero-order valence-corrected chi connectivity index (χ0v) is 14.8. The number of primary sulfonamides is 1. The van der Waals surface area contributed by atoms with Crippen molar-refractivity contribution in [1.29, 1.82) is 0 Å². The van der Waals surface area contributed by atoms with E-state index in [4.69, 9.17) is 9.56 Å². The number of furan rings is 1. The van der Waals surface area contributed by atoms with Gasteiger partial charge in [-0.15, -0.1) is 0 Å². The van der Waals surface area contributed by atoms with E-state index in [1.54, 1.807) is 0 Å². The first-order chi connectivity index (χ1) is 12.2. The number of nitrogens with zero attached hydrogens (tertiary/aromatic N) is 1. The Labute approximate surface area is 150 Å². The maximum atomic E-state index is 12.7. The fraction of sp³-hybridized carbons (Fsp3) is 0.294. The van der Waals surface area contributed by atoms with Gasteiger partial charge in [0.15, 0.2) is 5.76 Å². The van der Waals surface area contributed by atoms with Crippen LogP contribution < -0.4 is 5.14 Å². The summed E-state index contributed by atoms with van der Waals surface area (Å²) in [6, 6.07) is 10.2. The van der Waals surface area contributed by atoms with E-state index in [1.165, 1.54) is 11.8 Å². The topological polar surface area (TPSA) is 131 Å². The summed E-state index contributed by atoms with van der Waals surface area (Å²) in [7, 11) is -4.01. The Hall–Kier alpha value is -2.65. The van der Waals surface area contributed by atoms with Crippen LogP contribution in [-0.4, -0.2) is 43.4 Å². The number of nitrogens with two attached hydrogens (primary N) is 1. The summed E-state index contributed by atoms with van der Waals surface area (Å²) in [6.45, 7) is 1.61. The summed E-state index contributed by atoms with van der Waals surface area (Å²) < 4.78 is 28.3. The van der Waals surface area contributed by atoms with Crippen LogP contribution in [-0.2, 0) is 14.8 Å². The number of hydrogen-bond donors (Lipinski definition) is 2. The van der Waals surface area contributed by atoms with Gasteiger partial charge in [0.1, 0.15) is 10.7 Å². The first-order valence-electron chi connectivity index (χ1n) is 7.88. The van der Waals surface area contributed by atoms with Crippen molar-refractivity contribution < 1.29 is 27.5 Å². The van der Waals surface area contributed by atoms with Crippen LogP contribution in [0.25, 0.3) is 0 Å². The molecule has 2 heterocycles. The van der Waals surface area contributed by atoms with Crippen LogP contribution in [0.4, 0.5) is 0 Å². The van der Waals surface area contributed by atoms with Crippen molar-refractivity contribution in [3.05, 3.63) is 53.5 Å². The van der Waals surface area contributed by atoms with Crippen LogP contribution in [0, 0.1) is 12.8 Å². The van der Waals surface area contributed by atoms with Crippen molar-refractivity contribution in [3.8, 4) is 0 Å². The third kappa shape index (κ3) is 3.35. The number of carbonyl (C=O) groups excluding carboxylic acids is 1. The lowest BCUT2D eigenvalue weighted by Gasteiger charge is -2.15. The van der Waals surface area contributed by atoms with E-state index in [2.05, 4.69) is 0 Å². The Balaban J connectivity index is 1.88. The second kappa shape index (κ2) is 6.58. The number of carboxylic acid groups (broad SMARTS) is 1. The third-order valence-corrected chi connectivity index (χ3v) is 5.56. The fourth-order valence-electron chi connectivity index (χ4n) is 3.27. The highest BCUT2D eigenvalue weighted by Crippen LogP contribution is 2.34. The molecule has 0 radical (unpaired) electrons. The Morgan fingerprint density at radius 3 is 2.42 bits per heavy atom. The van der Waals surface area contributed by atoms with Crippen molar-refractivity contribution in [1.82, 2.24) is 4.90 Å². The zero-order chi connectivity index (χ0) is 19.1. The Kier molecular flexibility index (Phi) is 4.59. The van der Waals surface area contributed by atoms with E-state index >= 15 is 0 Å². The minimum Gasteiger partial charge on any atom is -0.481 e. The lowest BCUT2D eigenvalue weighted by Crippen LogP contribution is -2.29. The highest BCUT2D eigenvalue weighted by molar-refractivity contribution is 7.89. The maximum absolute atomic E-state index is 12.7.